The number of sulfone groups is 1. The van der Waals surface area contributed by atoms with Gasteiger partial charge in [0.25, 0.3) is 0 Å². The standard InChI is InChI=1S/C12H10O4S.C6H7O3P/c13-9-5-1-3-7-11(9)17(15,16)12-8-4-2-6-10(12)14;7-10(8,9)6-4-2-1-3-5-6/h1-8,13-14H;1-5H,(H2,7,8,9). The Bertz CT molecular complexity index is 1010. The number of rotatable bonds is 3. The van der Waals surface area contributed by atoms with E-state index in [-0.39, 0.29) is 26.6 Å². The monoisotopic (exact) mass is 408 g/mol. The van der Waals surface area contributed by atoms with Crippen LogP contribution in [0.3, 0.4) is 0 Å². The minimum Gasteiger partial charge on any atom is -0.507 e. The van der Waals surface area contributed by atoms with E-state index in [2.05, 4.69) is 0 Å². The minimum absolute atomic E-state index is 0.0648. The number of aromatic hydroxyl groups is 2. The van der Waals surface area contributed by atoms with Gasteiger partial charge in [-0.15, -0.1) is 0 Å². The first-order valence-electron chi connectivity index (χ1n) is 7.56. The average Bonchev–Trinajstić information content (AvgIpc) is 2.63. The van der Waals surface area contributed by atoms with E-state index in [4.69, 9.17) is 9.79 Å². The SMILES string of the molecule is O=P(O)(O)c1ccccc1.O=S(=O)(c1ccccc1O)c1ccccc1O. The normalized spacial score (nSPS) is 11.3. The fourth-order valence-corrected chi connectivity index (χ4v) is 4.11. The van der Waals surface area contributed by atoms with Crippen LogP contribution in [0.25, 0.3) is 0 Å². The van der Waals surface area contributed by atoms with E-state index in [9.17, 15) is 23.2 Å². The number of hydrogen-bond donors (Lipinski definition) is 4. The molecule has 7 nitrogen and oxygen atoms in total. The molecule has 0 aromatic heterocycles. The van der Waals surface area contributed by atoms with Crippen molar-refractivity contribution < 1.29 is 33.0 Å². The highest BCUT2D eigenvalue weighted by atomic mass is 32.2. The summed E-state index contributed by atoms with van der Waals surface area (Å²) < 4.78 is 34.8. The fraction of sp³-hybridized carbons (Fsp3) is 0. The van der Waals surface area contributed by atoms with Crippen molar-refractivity contribution in [2.75, 3.05) is 0 Å². The summed E-state index contributed by atoms with van der Waals surface area (Å²) in [6.45, 7) is 0. The van der Waals surface area contributed by atoms with Crippen LogP contribution in [0.5, 0.6) is 11.5 Å². The van der Waals surface area contributed by atoms with Gasteiger partial charge >= 0.3 is 7.60 Å². The first kappa shape index (κ1) is 20.7. The quantitative estimate of drug-likeness (QED) is 0.489. The lowest BCUT2D eigenvalue weighted by molar-refractivity contribution is 0.387. The molecule has 0 atom stereocenters. The third-order valence-corrected chi connectivity index (χ3v) is 6.22. The Morgan fingerprint density at radius 1 is 0.630 bits per heavy atom. The fourth-order valence-electron chi connectivity index (χ4n) is 2.11. The lowest BCUT2D eigenvalue weighted by Gasteiger charge is -2.07. The van der Waals surface area contributed by atoms with Gasteiger partial charge in [-0.25, -0.2) is 8.42 Å². The molecule has 0 aliphatic carbocycles. The molecule has 3 aromatic carbocycles. The summed E-state index contributed by atoms with van der Waals surface area (Å²) in [6, 6.07) is 18.9. The van der Waals surface area contributed by atoms with Gasteiger partial charge < -0.3 is 20.0 Å². The summed E-state index contributed by atoms with van der Waals surface area (Å²) in [5.41, 5.74) is 0. The molecule has 0 unspecified atom stereocenters. The van der Waals surface area contributed by atoms with Gasteiger partial charge in [0.1, 0.15) is 21.3 Å². The smallest absolute Gasteiger partial charge is 0.356 e. The summed E-state index contributed by atoms with van der Waals surface area (Å²) in [6.07, 6.45) is 0. The molecule has 0 aliphatic rings. The van der Waals surface area contributed by atoms with E-state index in [1.165, 1.54) is 60.7 Å². The van der Waals surface area contributed by atoms with E-state index < -0.39 is 17.4 Å². The third-order valence-electron chi connectivity index (χ3n) is 3.40. The minimum atomic E-state index is -4.02. The van der Waals surface area contributed by atoms with Gasteiger partial charge in [0.05, 0.1) is 5.30 Å². The van der Waals surface area contributed by atoms with Gasteiger partial charge in [0.2, 0.25) is 9.84 Å². The van der Waals surface area contributed by atoms with Gasteiger partial charge in [-0.3, -0.25) is 4.57 Å². The van der Waals surface area contributed by atoms with E-state index in [1.807, 2.05) is 0 Å². The molecule has 0 heterocycles. The molecule has 0 saturated heterocycles. The van der Waals surface area contributed by atoms with Crippen molar-refractivity contribution in [3.8, 4) is 11.5 Å². The maximum absolute atomic E-state index is 12.2. The predicted molar refractivity (Wildman–Crippen MR) is 99.8 cm³/mol. The average molecular weight is 408 g/mol. The summed E-state index contributed by atoms with van der Waals surface area (Å²) in [5.74, 6) is -0.675. The second-order valence-corrected chi connectivity index (χ2v) is 8.81. The van der Waals surface area contributed by atoms with Crippen LogP contribution in [0.4, 0.5) is 0 Å². The number of hydrogen-bond acceptors (Lipinski definition) is 5. The highest BCUT2D eigenvalue weighted by molar-refractivity contribution is 7.91. The zero-order valence-corrected chi connectivity index (χ0v) is 15.6. The van der Waals surface area contributed by atoms with Crippen molar-refractivity contribution in [2.45, 2.75) is 9.79 Å². The highest BCUT2D eigenvalue weighted by Crippen LogP contribution is 2.33. The van der Waals surface area contributed by atoms with Crippen molar-refractivity contribution >= 4 is 22.7 Å². The Hall–Kier alpha value is -2.64. The highest BCUT2D eigenvalue weighted by Gasteiger charge is 2.23. The molecule has 0 fully saturated rings. The molecule has 0 bridgehead atoms. The van der Waals surface area contributed by atoms with Gasteiger partial charge in [-0.05, 0) is 36.4 Å². The van der Waals surface area contributed by atoms with Crippen LogP contribution in [0.1, 0.15) is 0 Å². The van der Waals surface area contributed by atoms with Crippen molar-refractivity contribution in [3.05, 3.63) is 78.9 Å². The lowest BCUT2D eigenvalue weighted by atomic mass is 10.3. The first-order valence-corrected chi connectivity index (χ1v) is 10.7. The number of benzene rings is 3. The van der Waals surface area contributed by atoms with Crippen molar-refractivity contribution in [1.29, 1.82) is 0 Å². The Morgan fingerprint density at radius 3 is 1.33 bits per heavy atom. The largest absolute Gasteiger partial charge is 0.507 e. The molecular formula is C18H17O7PS. The molecule has 0 spiro atoms. The van der Waals surface area contributed by atoms with Crippen LogP contribution in [-0.4, -0.2) is 28.4 Å². The summed E-state index contributed by atoms with van der Waals surface area (Å²) >= 11 is 0. The number of para-hydroxylation sites is 2. The van der Waals surface area contributed by atoms with Crippen LogP contribution >= 0.6 is 7.60 Å². The van der Waals surface area contributed by atoms with Crippen LogP contribution in [0, 0.1) is 0 Å². The molecule has 142 valence electrons. The lowest BCUT2D eigenvalue weighted by Crippen LogP contribution is -2.02. The first-order chi connectivity index (χ1) is 12.6. The maximum Gasteiger partial charge on any atom is 0.356 e. The Kier molecular flexibility index (Phi) is 6.41. The van der Waals surface area contributed by atoms with Crippen LogP contribution in [0.15, 0.2) is 88.7 Å². The Balaban J connectivity index is 0.000000223. The summed E-state index contributed by atoms with van der Waals surface area (Å²) in [7, 11) is -7.92. The zero-order valence-electron chi connectivity index (χ0n) is 13.9. The van der Waals surface area contributed by atoms with Gasteiger partial charge in [-0.1, -0.05) is 42.5 Å². The van der Waals surface area contributed by atoms with Crippen molar-refractivity contribution in [1.82, 2.24) is 0 Å². The second-order valence-electron chi connectivity index (χ2n) is 5.32. The predicted octanol–water partition coefficient (Wildman–Crippen LogP) is 2.42. The maximum atomic E-state index is 12.2. The van der Waals surface area contributed by atoms with Crippen molar-refractivity contribution in [2.24, 2.45) is 0 Å². The molecule has 3 aromatic rings. The van der Waals surface area contributed by atoms with Gasteiger partial charge in [0, 0.05) is 0 Å². The Labute approximate surface area is 156 Å². The van der Waals surface area contributed by atoms with Crippen LogP contribution in [-0.2, 0) is 14.4 Å². The van der Waals surface area contributed by atoms with E-state index in [1.54, 1.807) is 18.2 Å². The van der Waals surface area contributed by atoms with Gasteiger partial charge in [-0.2, -0.15) is 0 Å². The van der Waals surface area contributed by atoms with E-state index >= 15 is 0 Å². The van der Waals surface area contributed by atoms with E-state index in [0.29, 0.717) is 0 Å². The van der Waals surface area contributed by atoms with Crippen LogP contribution in [0.2, 0.25) is 0 Å². The molecule has 4 N–H and O–H groups in total. The van der Waals surface area contributed by atoms with Crippen molar-refractivity contribution in [3.63, 3.8) is 0 Å². The number of phenolic OH excluding ortho intramolecular Hbond substituents is 2. The molecule has 9 heteroatoms. The molecule has 0 amide bonds. The molecule has 0 aliphatic heterocycles. The summed E-state index contributed by atoms with van der Waals surface area (Å²) in [5, 5.41) is 19.1. The van der Waals surface area contributed by atoms with E-state index in [0.717, 1.165) is 0 Å². The molecular weight excluding hydrogens is 391 g/mol. The third kappa shape index (κ3) is 5.18. The molecule has 3 rings (SSSR count). The molecule has 27 heavy (non-hydrogen) atoms. The second kappa shape index (κ2) is 8.37. The molecule has 0 radical (unpaired) electrons. The molecule has 0 saturated carbocycles. The van der Waals surface area contributed by atoms with Crippen LogP contribution < -0.4 is 5.30 Å². The number of phenols is 2. The zero-order chi connectivity index (χ0) is 20.1. The summed E-state index contributed by atoms with van der Waals surface area (Å²) in [4.78, 5) is 16.8. The van der Waals surface area contributed by atoms with Gasteiger partial charge in [0.15, 0.2) is 0 Å². The Morgan fingerprint density at radius 2 is 1.00 bits per heavy atom. The topological polar surface area (TPSA) is 132 Å².